The van der Waals surface area contributed by atoms with Crippen molar-refractivity contribution in [2.45, 2.75) is 13.0 Å². The second-order valence-electron chi connectivity index (χ2n) is 4.86. The van der Waals surface area contributed by atoms with Crippen molar-refractivity contribution in [1.29, 1.82) is 0 Å². The molecule has 0 aliphatic heterocycles. The van der Waals surface area contributed by atoms with Crippen LogP contribution in [0.1, 0.15) is 18.5 Å². The van der Waals surface area contributed by atoms with Gasteiger partial charge in [0, 0.05) is 19.3 Å². The van der Waals surface area contributed by atoms with Gasteiger partial charge in [-0.25, -0.2) is 13.2 Å². The van der Waals surface area contributed by atoms with Crippen LogP contribution in [-0.2, 0) is 16.9 Å². The summed E-state index contributed by atoms with van der Waals surface area (Å²) in [6, 6.07) is 4.98. The first-order valence-electron chi connectivity index (χ1n) is 6.32. The standard InChI is InChI=1S/C13H18N2O4S/c1-4-14-10(8-20(3,17)18)9-5-6-11-12(7-9)19-13(16)15(11)2/h5-7,10,14H,4,8H2,1-3H3. The van der Waals surface area contributed by atoms with E-state index in [-0.39, 0.29) is 11.8 Å². The zero-order valence-corrected chi connectivity index (χ0v) is 12.5. The van der Waals surface area contributed by atoms with E-state index >= 15 is 0 Å². The smallest absolute Gasteiger partial charge is 0.408 e. The first-order chi connectivity index (χ1) is 9.31. The van der Waals surface area contributed by atoms with Gasteiger partial charge in [-0.1, -0.05) is 13.0 Å². The van der Waals surface area contributed by atoms with Gasteiger partial charge in [0.05, 0.1) is 11.3 Å². The summed E-state index contributed by atoms with van der Waals surface area (Å²) in [5.74, 6) is -0.427. The van der Waals surface area contributed by atoms with Crippen molar-refractivity contribution in [2.24, 2.45) is 7.05 Å². The fourth-order valence-corrected chi connectivity index (χ4v) is 3.11. The van der Waals surface area contributed by atoms with Crippen molar-refractivity contribution in [2.75, 3.05) is 18.6 Å². The molecule has 1 N–H and O–H groups in total. The maximum atomic E-state index is 11.5. The third-order valence-corrected chi connectivity index (χ3v) is 4.08. The van der Waals surface area contributed by atoms with E-state index in [9.17, 15) is 13.2 Å². The number of aryl methyl sites for hydroxylation is 1. The molecule has 0 aliphatic carbocycles. The second kappa shape index (κ2) is 5.41. The maximum absolute atomic E-state index is 11.5. The van der Waals surface area contributed by atoms with Crippen molar-refractivity contribution in [1.82, 2.24) is 9.88 Å². The Kier molecular flexibility index (Phi) is 4.01. The lowest BCUT2D eigenvalue weighted by Gasteiger charge is -2.17. The van der Waals surface area contributed by atoms with Crippen LogP contribution in [0.4, 0.5) is 0 Å². The van der Waals surface area contributed by atoms with Crippen LogP contribution in [-0.4, -0.2) is 31.5 Å². The molecule has 0 fully saturated rings. The molecule has 0 bridgehead atoms. The largest absolute Gasteiger partial charge is 0.419 e. The number of fused-ring (bicyclic) bond motifs is 1. The molecule has 0 saturated carbocycles. The molecular formula is C13H18N2O4S. The fourth-order valence-electron chi connectivity index (χ4n) is 2.19. The van der Waals surface area contributed by atoms with Gasteiger partial charge >= 0.3 is 5.76 Å². The summed E-state index contributed by atoms with van der Waals surface area (Å²) in [6.45, 7) is 2.56. The predicted octanol–water partition coefficient (Wildman–Crippen LogP) is 0.827. The number of benzene rings is 1. The number of oxazole rings is 1. The molecule has 1 unspecified atom stereocenters. The van der Waals surface area contributed by atoms with E-state index < -0.39 is 15.6 Å². The maximum Gasteiger partial charge on any atom is 0.419 e. The average Bonchev–Trinajstić information content (AvgIpc) is 2.62. The van der Waals surface area contributed by atoms with Crippen LogP contribution < -0.4 is 11.1 Å². The van der Waals surface area contributed by atoms with Gasteiger partial charge in [0.15, 0.2) is 5.58 Å². The Morgan fingerprint density at radius 1 is 1.40 bits per heavy atom. The molecule has 1 heterocycles. The number of nitrogens with zero attached hydrogens (tertiary/aromatic N) is 1. The molecular weight excluding hydrogens is 280 g/mol. The second-order valence-corrected chi connectivity index (χ2v) is 7.04. The Labute approximate surface area is 117 Å². The Balaban J connectivity index is 2.45. The Morgan fingerprint density at radius 2 is 2.10 bits per heavy atom. The number of sulfone groups is 1. The van der Waals surface area contributed by atoms with Gasteiger partial charge in [0.25, 0.3) is 0 Å². The number of aromatic nitrogens is 1. The molecule has 2 rings (SSSR count). The molecule has 1 atom stereocenters. The van der Waals surface area contributed by atoms with Gasteiger partial charge < -0.3 is 9.73 Å². The number of hydrogen-bond donors (Lipinski definition) is 1. The zero-order valence-electron chi connectivity index (χ0n) is 11.7. The van der Waals surface area contributed by atoms with Crippen molar-refractivity contribution in [3.63, 3.8) is 0 Å². The highest BCUT2D eigenvalue weighted by Gasteiger charge is 2.18. The van der Waals surface area contributed by atoms with Crippen LogP contribution in [0.25, 0.3) is 11.1 Å². The molecule has 110 valence electrons. The molecule has 1 aromatic heterocycles. The molecule has 20 heavy (non-hydrogen) atoms. The van der Waals surface area contributed by atoms with E-state index in [1.807, 2.05) is 13.0 Å². The topological polar surface area (TPSA) is 81.3 Å². The van der Waals surface area contributed by atoms with Crippen LogP contribution in [0, 0.1) is 0 Å². The summed E-state index contributed by atoms with van der Waals surface area (Å²) < 4.78 is 29.5. The van der Waals surface area contributed by atoms with E-state index in [1.165, 1.54) is 10.8 Å². The molecule has 2 aromatic rings. The SMILES string of the molecule is CCNC(CS(C)(=O)=O)c1ccc2c(c1)oc(=O)n2C. The molecule has 0 aliphatic rings. The number of nitrogens with one attached hydrogen (secondary N) is 1. The molecule has 0 radical (unpaired) electrons. The van der Waals surface area contributed by atoms with Gasteiger partial charge in [-0.15, -0.1) is 0 Å². The van der Waals surface area contributed by atoms with Crippen LogP contribution in [0.2, 0.25) is 0 Å². The summed E-state index contributed by atoms with van der Waals surface area (Å²) in [6.07, 6.45) is 1.21. The lowest BCUT2D eigenvalue weighted by molar-refractivity contribution is 0.526. The summed E-state index contributed by atoms with van der Waals surface area (Å²) >= 11 is 0. The zero-order chi connectivity index (χ0) is 14.9. The minimum atomic E-state index is -3.11. The third kappa shape index (κ3) is 3.10. The lowest BCUT2D eigenvalue weighted by Crippen LogP contribution is -2.27. The predicted molar refractivity (Wildman–Crippen MR) is 77.6 cm³/mol. The van der Waals surface area contributed by atoms with Crippen LogP contribution in [0.15, 0.2) is 27.4 Å². The molecule has 1 aromatic carbocycles. The van der Waals surface area contributed by atoms with Gasteiger partial charge in [-0.05, 0) is 24.2 Å². The fraction of sp³-hybridized carbons (Fsp3) is 0.462. The first kappa shape index (κ1) is 14.8. The van der Waals surface area contributed by atoms with Gasteiger partial charge in [0.2, 0.25) is 0 Å². The Hall–Kier alpha value is -1.60. The summed E-state index contributed by atoms with van der Waals surface area (Å²) in [7, 11) is -1.48. The highest BCUT2D eigenvalue weighted by molar-refractivity contribution is 7.90. The van der Waals surface area contributed by atoms with Crippen LogP contribution in [0.3, 0.4) is 0 Å². The highest BCUT2D eigenvalue weighted by atomic mass is 32.2. The minimum absolute atomic E-state index is 0.00339. The van der Waals surface area contributed by atoms with E-state index in [4.69, 9.17) is 4.42 Å². The van der Waals surface area contributed by atoms with E-state index in [1.54, 1.807) is 19.2 Å². The Bertz CT molecular complexity index is 773. The summed E-state index contributed by atoms with van der Waals surface area (Å²) in [5, 5.41) is 3.14. The van der Waals surface area contributed by atoms with Crippen molar-refractivity contribution in [3.05, 3.63) is 34.3 Å². The monoisotopic (exact) mass is 298 g/mol. The van der Waals surface area contributed by atoms with Gasteiger partial charge in [0.1, 0.15) is 9.84 Å². The third-order valence-electron chi connectivity index (χ3n) is 3.14. The highest BCUT2D eigenvalue weighted by Crippen LogP contribution is 2.20. The number of rotatable bonds is 5. The number of hydrogen-bond acceptors (Lipinski definition) is 5. The molecule has 0 spiro atoms. The Morgan fingerprint density at radius 3 is 2.70 bits per heavy atom. The molecule has 6 nitrogen and oxygen atoms in total. The van der Waals surface area contributed by atoms with Crippen molar-refractivity contribution in [3.8, 4) is 0 Å². The van der Waals surface area contributed by atoms with E-state index in [0.29, 0.717) is 17.6 Å². The van der Waals surface area contributed by atoms with E-state index in [2.05, 4.69) is 5.32 Å². The van der Waals surface area contributed by atoms with Gasteiger partial charge in [-0.3, -0.25) is 4.57 Å². The van der Waals surface area contributed by atoms with Crippen LogP contribution in [0.5, 0.6) is 0 Å². The van der Waals surface area contributed by atoms with Crippen LogP contribution >= 0.6 is 0 Å². The molecule has 7 heteroatoms. The van der Waals surface area contributed by atoms with Crippen molar-refractivity contribution >= 4 is 20.9 Å². The summed E-state index contributed by atoms with van der Waals surface area (Å²) in [4.78, 5) is 11.5. The normalized spacial score (nSPS) is 13.8. The molecule has 0 amide bonds. The van der Waals surface area contributed by atoms with Crippen molar-refractivity contribution < 1.29 is 12.8 Å². The first-order valence-corrected chi connectivity index (χ1v) is 8.38. The molecule has 0 saturated heterocycles. The van der Waals surface area contributed by atoms with Gasteiger partial charge in [-0.2, -0.15) is 0 Å². The minimum Gasteiger partial charge on any atom is -0.408 e. The van der Waals surface area contributed by atoms with E-state index in [0.717, 1.165) is 5.56 Å². The quantitative estimate of drug-likeness (QED) is 0.884. The average molecular weight is 298 g/mol. The lowest BCUT2D eigenvalue weighted by atomic mass is 10.1. The summed E-state index contributed by atoms with van der Waals surface area (Å²) in [5.41, 5.74) is 1.94.